The zero-order valence-electron chi connectivity index (χ0n) is 8.05. The molecule has 11 heavy (non-hydrogen) atoms. The van der Waals surface area contributed by atoms with Gasteiger partial charge in [0, 0.05) is 6.54 Å². The molecule has 2 heteroatoms. The van der Waals surface area contributed by atoms with Crippen molar-refractivity contribution in [1.82, 2.24) is 4.90 Å². The highest BCUT2D eigenvalue weighted by molar-refractivity contribution is 4.90. The third-order valence-corrected chi connectivity index (χ3v) is 1.85. The van der Waals surface area contributed by atoms with E-state index in [1.54, 1.807) is 7.11 Å². The Balaban J connectivity index is 3.65. The zero-order chi connectivity index (χ0) is 8.69. The highest BCUT2D eigenvalue weighted by atomic mass is 16.5. The summed E-state index contributed by atoms with van der Waals surface area (Å²) in [7, 11) is 1.70. The largest absolute Gasteiger partial charge is 0.502 e. The maximum absolute atomic E-state index is 5.02. The van der Waals surface area contributed by atoms with Gasteiger partial charge in [-0.15, -0.1) is 0 Å². The lowest BCUT2D eigenvalue weighted by atomic mass is 10.4. The van der Waals surface area contributed by atoms with Crippen LogP contribution in [0.3, 0.4) is 0 Å². The minimum atomic E-state index is 0.993. The summed E-state index contributed by atoms with van der Waals surface area (Å²) in [5.74, 6) is 0.997. The lowest BCUT2D eigenvalue weighted by molar-refractivity contribution is 0.282. The Bertz CT molecular complexity index is 117. The summed E-state index contributed by atoms with van der Waals surface area (Å²) in [4.78, 5) is 2.34. The van der Waals surface area contributed by atoms with Crippen molar-refractivity contribution in [2.75, 3.05) is 26.7 Å². The lowest BCUT2D eigenvalue weighted by Crippen LogP contribution is -2.22. The van der Waals surface area contributed by atoms with Gasteiger partial charge in [-0.2, -0.15) is 0 Å². The molecule has 0 aliphatic heterocycles. The fourth-order valence-electron chi connectivity index (χ4n) is 0.823. The number of allylic oxidation sites excluding steroid dienone is 1. The topological polar surface area (TPSA) is 12.5 Å². The highest BCUT2D eigenvalue weighted by Crippen LogP contribution is 1.94. The van der Waals surface area contributed by atoms with E-state index in [1.807, 2.05) is 6.92 Å². The quantitative estimate of drug-likeness (QED) is 0.565. The molecule has 0 rings (SSSR count). The van der Waals surface area contributed by atoms with E-state index >= 15 is 0 Å². The Morgan fingerprint density at radius 3 is 2.27 bits per heavy atom. The predicted molar refractivity (Wildman–Crippen MR) is 48.6 cm³/mol. The van der Waals surface area contributed by atoms with Gasteiger partial charge in [-0.1, -0.05) is 13.8 Å². The smallest absolute Gasteiger partial charge is 0.0897 e. The Morgan fingerprint density at radius 2 is 1.91 bits per heavy atom. The number of hydrogen-bond donors (Lipinski definition) is 0. The van der Waals surface area contributed by atoms with E-state index in [9.17, 15) is 0 Å². The fourth-order valence-corrected chi connectivity index (χ4v) is 0.823. The van der Waals surface area contributed by atoms with Crippen LogP contribution in [0.5, 0.6) is 0 Å². The molecule has 0 bridgehead atoms. The molecule has 66 valence electrons. The van der Waals surface area contributed by atoms with Crippen molar-refractivity contribution in [3.05, 3.63) is 11.8 Å². The average molecular weight is 157 g/mol. The summed E-state index contributed by atoms with van der Waals surface area (Å²) in [5, 5.41) is 0. The van der Waals surface area contributed by atoms with Gasteiger partial charge in [0.15, 0.2) is 0 Å². The van der Waals surface area contributed by atoms with Crippen LogP contribution in [-0.4, -0.2) is 31.6 Å². The first-order chi connectivity index (χ1) is 5.24. The number of methoxy groups -OCH3 is 1. The van der Waals surface area contributed by atoms with Gasteiger partial charge in [0.25, 0.3) is 0 Å². The molecule has 0 aliphatic carbocycles. The third-order valence-electron chi connectivity index (χ3n) is 1.85. The Hall–Kier alpha value is -0.500. The normalized spacial score (nSPS) is 12.3. The summed E-state index contributed by atoms with van der Waals surface area (Å²) in [6, 6.07) is 0. The first kappa shape index (κ1) is 10.5. The fraction of sp³-hybridized carbons (Fsp3) is 0.778. The molecule has 0 N–H and O–H groups in total. The number of ether oxygens (including phenoxy) is 1. The molecule has 0 radical (unpaired) electrons. The molecule has 0 saturated carbocycles. The van der Waals surface area contributed by atoms with Gasteiger partial charge in [0.05, 0.1) is 12.9 Å². The molecule has 0 saturated heterocycles. The van der Waals surface area contributed by atoms with Gasteiger partial charge in [-0.25, -0.2) is 0 Å². The number of hydrogen-bond acceptors (Lipinski definition) is 2. The van der Waals surface area contributed by atoms with Crippen LogP contribution in [0.25, 0.3) is 0 Å². The second-order valence-electron chi connectivity index (χ2n) is 2.50. The van der Waals surface area contributed by atoms with Gasteiger partial charge >= 0.3 is 0 Å². The number of rotatable bonds is 5. The zero-order valence-corrected chi connectivity index (χ0v) is 8.05. The highest BCUT2D eigenvalue weighted by Gasteiger charge is 1.94. The van der Waals surface area contributed by atoms with E-state index in [2.05, 4.69) is 24.8 Å². The Kier molecular flexibility index (Phi) is 5.94. The second-order valence-corrected chi connectivity index (χ2v) is 2.50. The van der Waals surface area contributed by atoms with E-state index < -0.39 is 0 Å². The van der Waals surface area contributed by atoms with E-state index in [-0.39, 0.29) is 0 Å². The predicted octanol–water partition coefficient (Wildman–Crippen LogP) is 1.88. The first-order valence-electron chi connectivity index (χ1n) is 4.17. The SMILES string of the molecule is CCN(CC)C/C=C(\C)OC. The van der Waals surface area contributed by atoms with E-state index in [1.165, 1.54) is 0 Å². The van der Waals surface area contributed by atoms with Gasteiger partial charge in [-0.05, 0) is 26.1 Å². The van der Waals surface area contributed by atoms with Crippen LogP contribution in [0, 0.1) is 0 Å². The Labute approximate surface area is 69.8 Å². The third kappa shape index (κ3) is 4.85. The lowest BCUT2D eigenvalue weighted by Gasteiger charge is -2.15. The molecule has 0 aromatic heterocycles. The number of nitrogens with zero attached hydrogens (tertiary/aromatic N) is 1. The van der Waals surface area contributed by atoms with Crippen molar-refractivity contribution in [3.8, 4) is 0 Å². The van der Waals surface area contributed by atoms with E-state index in [4.69, 9.17) is 4.74 Å². The summed E-state index contributed by atoms with van der Waals surface area (Å²) >= 11 is 0. The van der Waals surface area contributed by atoms with Gasteiger partial charge in [0.1, 0.15) is 0 Å². The molecule has 0 heterocycles. The minimum absolute atomic E-state index is 0.993. The van der Waals surface area contributed by atoms with Gasteiger partial charge in [-0.3, -0.25) is 0 Å². The number of likely N-dealkylation sites (N-methyl/N-ethyl adjacent to an activating group) is 1. The molecule has 0 atom stereocenters. The van der Waals surface area contributed by atoms with Crippen molar-refractivity contribution in [3.63, 3.8) is 0 Å². The van der Waals surface area contributed by atoms with Crippen LogP contribution < -0.4 is 0 Å². The first-order valence-corrected chi connectivity index (χ1v) is 4.17. The molecular formula is C9H19NO. The molecule has 2 nitrogen and oxygen atoms in total. The Morgan fingerprint density at radius 1 is 1.36 bits per heavy atom. The van der Waals surface area contributed by atoms with Crippen molar-refractivity contribution in [1.29, 1.82) is 0 Å². The van der Waals surface area contributed by atoms with Gasteiger partial charge in [0.2, 0.25) is 0 Å². The summed E-state index contributed by atoms with van der Waals surface area (Å²) in [6.07, 6.45) is 2.10. The van der Waals surface area contributed by atoms with Crippen molar-refractivity contribution >= 4 is 0 Å². The molecule has 0 amide bonds. The molecule has 0 unspecified atom stereocenters. The standard InChI is InChI=1S/C9H19NO/c1-5-10(6-2)8-7-9(3)11-4/h7H,5-6,8H2,1-4H3/b9-7+. The monoisotopic (exact) mass is 157 g/mol. The molecule has 0 fully saturated rings. The summed E-state index contributed by atoms with van der Waals surface area (Å²) in [6.45, 7) is 9.50. The average Bonchev–Trinajstić information content (AvgIpc) is 2.06. The minimum Gasteiger partial charge on any atom is -0.502 e. The molecule has 0 aromatic carbocycles. The van der Waals surface area contributed by atoms with Gasteiger partial charge < -0.3 is 9.64 Å². The molecule has 0 aromatic rings. The maximum Gasteiger partial charge on any atom is 0.0897 e. The second kappa shape index (κ2) is 6.23. The maximum atomic E-state index is 5.02. The van der Waals surface area contributed by atoms with Crippen molar-refractivity contribution < 1.29 is 4.74 Å². The van der Waals surface area contributed by atoms with Crippen LogP contribution in [-0.2, 0) is 4.74 Å². The van der Waals surface area contributed by atoms with Crippen LogP contribution in [0.4, 0.5) is 0 Å². The molecule has 0 aliphatic rings. The molecule has 0 spiro atoms. The summed E-state index contributed by atoms with van der Waals surface area (Å²) in [5.41, 5.74) is 0. The van der Waals surface area contributed by atoms with Crippen molar-refractivity contribution in [2.45, 2.75) is 20.8 Å². The van der Waals surface area contributed by atoms with Crippen LogP contribution in [0.15, 0.2) is 11.8 Å². The summed E-state index contributed by atoms with van der Waals surface area (Å²) < 4.78 is 5.02. The van der Waals surface area contributed by atoms with Crippen molar-refractivity contribution in [2.24, 2.45) is 0 Å². The van der Waals surface area contributed by atoms with Crippen LogP contribution in [0.1, 0.15) is 20.8 Å². The van der Waals surface area contributed by atoms with E-state index in [0.717, 1.165) is 25.4 Å². The van der Waals surface area contributed by atoms with Crippen LogP contribution in [0.2, 0.25) is 0 Å². The molecular weight excluding hydrogens is 138 g/mol. The van der Waals surface area contributed by atoms with E-state index in [0.29, 0.717) is 0 Å². The van der Waals surface area contributed by atoms with Crippen LogP contribution >= 0.6 is 0 Å².